The highest BCUT2D eigenvalue weighted by Crippen LogP contribution is 2.08. The van der Waals surface area contributed by atoms with Crippen molar-refractivity contribution < 1.29 is 13.9 Å². The Morgan fingerprint density at radius 3 is 2.72 bits per heavy atom. The van der Waals surface area contributed by atoms with Crippen LogP contribution in [0.4, 0.5) is 0 Å². The molecule has 0 spiro atoms. The van der Waals surface area contributed by atoms with Crippen LogP contribution in [-0.4, -0.2) is 26.4 Å². The largest absolute Gasteiger partial charge is 0.467 e. The van der Waals surface area contributed by atoms with Crippen molar-refractivity contribution in [2.45, 2.75) is 39.8 Å². The Balaban J connectivity index is 2.07. The summed E-state index contributed by atoms with van der Waals surface area (Å²) in [4.78, 5) is 0. The van der Waals surface area contributed by atoms with Crippen molar-refractivity contribution in [3.8, 4) is 0 Å². The lowest BCUT2D eigenvalue weighted by molar-refractivity contribution is 0.0350. The van der Waals surface area contributed by atoms with Gasteiger partial charge in [0.05, 0.1) is 19.5 Å². The third kappa shape index (κ3) is 6.79. The van der Waals surface area contributed by atoms with Gasteiger partial charge in [-0.2, -0.15) is 0 Å². The molecule has 0 aromatic carbocycles. The van der Waals surface area contributed by atoms with E-state index in [1.165, 1.54) is 5.56 Å². The summed E-state index contributed by atoms with van der Waals surface area (Å²) < 4.78 is 16.2. The molecule has 4 heteroatoms. The predicted molar refractivity (Wildman–Crippen MR) is 71.5 cm³/mol. The van der Waals surface area contributed by atoms with Gasteiger partial charge in [-0.1, -0.05) is 13.8 Å². The van der Waals surface area contributed by atoms with Gasteiger partial charge in [0.15, 0.2) is 0 Å². The number of ether oxygens (including phenoxy) is 2. The van der Waals surface area contributed by atoms with E-state index in [-0.39, 0.29) is 0 Å². The summed E-state index contributed by atoms with van der Waals surface area (Å²) in [5.41, 5.74) is 1.17. The van der Waals surface area contributed by atoms with Crippen molar-refractivity contribution in [3.05, 3.63) is 23.7 Å². The lowest BCUT2D eigenvalue weighted by Crippen LogP contribution is -2.13. The SMILES string of the molecule is CCCNCc1coc(COCCOCCC)c1. The zero-order valence-corrected chi connectivity index (χ0v) is 11.5. The van der Waals surface area contributed by atoms with Crippen molar-refractivity contribution in [1.82, 2.24) is 5.32 Å². The van der Waals surface area contributed by atoms with E-state index in [4.69, 9.17) is 13.9 Å². The molecule has 0 radical (unpaired) electrons. The van der Waals surface area contributed by atoms with Crippen molar-refractivity contribution in [1.29, 1.82) is 0 Å². The van der Waals surface area contributed by atoms with Crippen molar-refractivity contribution in [3.63, 3.8) is 0 Å². The van der Waals surface area contributed by atoms with Gasteiger partial charge in [0.25, 0.3) is 0 Å². The van der Waals surface area contributed by atoms with Crippen LogP contribution in [0.2, 0.25) is 0 Å². The molecule has 18 heavy (non-hydrogen) atoms. The summed E-state index contributed by atoms with van der Waals surface area (Å²) in [5, 5.41) is 3.33. The van der Waals surface area contributed by atoms with Gasteiger partial charge in [0.1, 0.15) is 12.4 Å². The number of nitrogens with one attached hydrogen (secondary N) is 1. The Labute approximate surface area is 110 Å². The van der Waals surface area contributed by atoms with Gasteiger partial charge in [0.2, 0.25) is 0 Å². The Morgan fingerprint density at radius 2 is 1.94 bits per heavy atom. The van der Waals surface area contributed by atoms with Crippen molar-refractivity contribution in [2.75, 3.05) is 26.4 Å². The molecule has 1 rings (SSSR count). The fourth-order valence-electron chi connectivity index (χ4n) is 1.54. The van der Waals surface area contributed by atoms with E-state index in [1.807, 2.05) is 6.07 Å². The third-order valence-corrected chi connectivity index (χ3v) is 2.43. The minimum Gasteiger partial charge on any atom is -0.467 e. The average Bonchev–Trinajstić information content (AvgIpc) is 2.82. The van der Waals surface area contributed by atoms with Crippen LogP contribution in [0.3, 0.4) is 0 Å². The molecule has 0 amide bonds. The molecule has 1 aromatic heterocycles. The molecule has 1 heterocycles. The highest BCUT2D eigenvalue weighted by molar-refractivity contribution is 5.11. The first-order valence-electron chi connectivity index (χ1n) is 6.79. The van der Waals surface area contributed by atoms with E-state index >= 15 is 0 Å². The normalized spacial score (nSPS) is 11.0. The second-order valence-corrected chi connectivity index (χ2v) is 4.26. The minimum absolute atomic E-state index is 0.517. The van der Waals surface area contributed by atoms with E-state index < -0.39 is 0 Å². The topological polar surface area (TPSA) is 43.6 Å². The van der Waals surface area contributed by atoms with Crippen LogP contribution in [0.5, 0.6) is 0 Å². The smallest absolute Gasteiger partial charge is 0.129 e. The van der Waals surface area contributed by atoms with E-state index in [2.05, 4.69) is 19.2 Å². The van der Waals surface area contributed by atoms with E-state index in [1.54, 1.807) is 6.26 Å². The molecule has 0 atom stereocenters. The van der Waals surface area contributed by atoms with Crippen LogP contribution in [0.25, 0.3) is 0 Å². The van der Waals surface area contributed by atoms with Crippen LogP contribution >= 0.6 is 0 Å². The lowest BCUT2D eigenvalue weighted by atomic mass is 10.3. The van der Waals surface area contributed by atoms with Crippen LogP contribution in [0.15, 0.2) is 16.7 Å². The molecule has 0 aliphatic heterocycles. The summed E-state index contributed by atoms with van der Waals surface area (Å²) in [6.07, 6.45) is 3.98. The monoisotopic (exact) mass is 255 g/mol. The number of rotatable bonds is 11. The summed E-state index contributed by atoms with van der Waals surface area (Å²) in [6.45, 7) is 8.73. The fraction of sp³-hybridized carbons (Fsp3) is 0.714. The zero-order chi connectivity index (χ0) is 13.1. The molecular formula is C14H25NO3. The van der Waals surface area contributed by atoms with Crippen LogP contribution in [0, 0.1) is 0 Å². The first-order chi connectivity index (χ1) is 8.86. The average molecular weight is 255 g/mol. The fourth-order valence-corrected chi connectivity index (χ4v) is 1.54. The van der Waals surface area contributed by atoms with Crippen molar-refractivity contribution in [2.24, 2.45) is 0 Å². The molecule has 0 fully saturated rings. The number of hydrogen-bond acceptors (Lipinski definition) is 4. The molecule has 0 unspecified atom stereocenters. The number of hydrogen-bond donors (Lipinski definition) is 1. The number of furan rings is 1. The molecule has 0 saturated heterocycles. The lowest BCUT2D eigenvalue weighted by Gasteiger charge is -2.02. The third-order valence-electron chi connectivity index (χ3n) is 2.43. The van der Waals surface area contributed by atoms with Gasteiger partial charge in [0, 0.05) is 18.7 Å². The molecular weight excluding hydrogens is 230 g/mol. The molecule has 1 N–H and O–H groups in total. The minimum atomic E-state index is 0.517. The molecule has 1 aromatic rings. The van der Waals surface area contributed by atoms with E-state index in [0.717, 1.165) is 38.3 Å². The van der Waals surface area contributed by atoms with E-state index in [9.17, 15) is 0 Å². The Bertz CT molecular complexity index is 299. The highest BCUT2D eigenvalue weighted by atomic mass is 16.5. The Kier molecular flexibility index (Phi) is 8.55. The molecule has 0 saturated carbocycles. The van der Waals surface area contributed by atoms with Crippen LogP contribution in [-0.2, 0) is 22.6 Å². The van der Waals surface area contributed by atoms with Gasteiger partial charge in [-0.15, -0.1) is 0 Å². The second-order valence-electron chi connectivity index (χ2n) is 4.26. The highest BCUT2D eigenvalue weighted by Gasteiger charge is 2.01. The van der Waals surface area contributed by atoms with Crippen LogP contribution in [0.1, 0.15) is 38.0 Å². The second kappa shape index (κ2) is 10.1. The Morgan fingerprint density at radius 1 is 1.11 bits per heavy atom. The summed E-state index contributed by atoms with van der Waals surface area (Å²) in [7, 11) is 0. The van der Waals surface area contributed by atoms with Gasteiger partial charge < -0.3 is 19.2 Å². The maximum Gasteiger partial charge on any atom is 0.129 e. The zero-order valence-electron chi connectivity index (χ0n) is 11.5. The van der Waals surface area contributed by atoms with Gasteiger partial charge in [-0.25, -0.2) is 0 Å². The van der Waals surface area contributed by atoms with Crippen LogP contribution < -0.4 is 5.32 Å². The predicted octanol–water partition coefficient (Wildman–Crippen LogP) is 2.72. The summed E-state index contributed by atoms with van der Waals surface area (Å²) in [5.74, 6) is 0.874. The summed E-state index contributed by atoms with van der Waals surface area (Å²) >= 11 is 0. The van der Waals surface area contributed by atoms with E-state index in [0.29, 0.717) is 19.8 Å². The first-order valence-corrected chi connectivity index (χ1v) is 6.79. The maximum absolute atomic E-state index is 5.47. The quantitative estimate of drug-likeness (QED) is 0.617. The standard InChI is InChI=1S/C14H25NO3/c1-3-5-15-10-13-9-14(18-11-13)12-17-8-7-16-6-4-2/h9,11,15H,3-8,10,12H2,1-2H3. The van der Waals surface area contributed by atoms with Gasteiger partial charge >= 0.3 is 0 Å². The molecule has 0 aliphatic rings. The maximum atomic E-state index is 5.47. The van der Waals surface area contributed by atoms with Gasteiger partial charge in [-0.05, 0) is 25.5 Å². The Hall–Kier alpha value is -0.840. The van der Waals surface area contributed by atoms with Gasteiger partial charge in [-0.3, -0.25) is 0 Å². The first kappa shape index (κ1) is 15.2. The molecule has 4 nitrogen and oxygen atoms in total. The van der Waals surface area contributed by atoms with Crippen molar-refractivity contribution >= 4 is 0 Å². The summed E-state index contributed by atoms with van der Waals surface area (Å²) in [6, 6.07) is 2.04. The molecule has 0 aliphatic carbocycles. The molecule has 0 bridgehead atoms. The molecule has 104 valence electrons.